The number of nitriles is 1. The summed E-state index contributed by atoms with van der Waals surface area (Å²) in [6.45, 7) is 4.37. The maximum atomic E-state index is 8.72. The molecule has 0 spiro atoms. The van der Waals surface area contributed by atoms with Crippen LogP contribution in [0.2, 0.25) is 5.15 Å². The van der Waals surface area contributed by atoms with Crippen LogP contribution >= 0.6 is 11.6 Å². The molecular formula is C10H13ClN4. The molecule has 1 atom stereocenters. The summed E-state index contributed by atoms with van der Waals surface area (Å²) < 4.78 is 0. The first-order valence-electron chi connectivity index (χ1n) is 4.64. The molecule has 0 aromatic carbocycles. The fourth-order valence-electron chi connectivity index (χ4n) is 1.34. The lowest BCUT2D eigenvalue weighted by molar-refractivity contribution is 0.707. The number of hydrogen-bond donors (Lipinski definition) is 0. The molecule has 1 aromatic rings. The van der Waals surface area contributed by atoms with Crippen LogP contribution in [0.1, 0.15) is 12.5 Å². The standard InChI is InChI=1S/C10H13ClN4/c1-7(4-12)5-15(3)10-8(2)9(11)13-6-14-10/h6-7H,5H2,1-3H3. The van der Waals surface area contributed by atoms with E-state index >= 15 is 0 Å². The van der Waals surface area contributed by atoms with Gasteiger partial charge in [-0.05, 0) is 13.8 Å². The van der Waals surface area contributed by atoms with E-state index in [9.17, 15) is 0 Å². The van der Waals surface area contributed by atoms with Gasteiger partial charge in [-0.1, -0.05) is 11.6 Å². The summed E-state index contributed by atoms with van der Waals surface area (Å²) in [5, 5.41) is 9.17. The molecule has 0 aliphatic carbocycles. The summed E-state index contributed by atoms with van der Waals surface area (Å²) in [7, 11) is 1.89. The van der Waals surface area contributed by atoms with Crippen molar-refractivity contribution in [2.45, 2.75) is 13.8 Å². The van der Waals surface area contributed by atoms with E-state index in [1.165, 1.54) is 6.33 Å². The minimum absolute atomic E-state index is 0.0388. The van der Waals surface area contributed by atoms with Crippen molar-refractivity contribution in [3.63, 3.8) is 0 Å². The Kier molecular flexibility index (Phi) is 3.87. The Morgan fingerprint density at radius 3 is 2.87 bits per heavy atom. The van der Waals surface area contributed by atoms with Crippen LogP contribution in [0.25, 0.3) is 0 Å². The largest absolute Gasteiger partial charge is 0.358 e. The van der Waals surface area contributed by atoms with Gasteiger partial charge in [0.25, 0.3) is 0 Å². The predicted molar refractivity (Wildman–Crippen MR) is 59.8 cm³/mol. The third-order valence-corrected chi connectivity index (χ3v) is 2.51. The van der Waals surface area contributed by atoms with Crippen LogP contribution in [0, 0.1) is 24.2 Å². The maximum absolute atomic E-state index is 8.72. The Balaban J connectivity index is 2.87. The van der Waals surface area contributed by atoms with E-state index in [2.05, 4.69) is 16.0 Å². The molecule has 5 heteroatoms. The summed E-state index contributed by atoms with van der Waals surface area (Å²) in [6.07, 6.45) is 1.43. The van der Waals surface area contributed by atoms with Crippen molar-refractivity contribution in [3.05, 3.63) is 17.0 Å². The molecule has 1 rings (SSSR count). The van der Waals surface area contributed by atoms with E-state index in [1.54, 1.807) is 0 Å². The average molecular weight is 225 g/mol. The normalized spacial score (nSPS) is 11.9. The second-order valence-corrected chi connectivity index (χ2v) is 3.88. The van der Waals surface area contributed by atoms with Crippen molar-refractivity contribution in [3.8, 4) is 6.07 Å². The van der Waals surface area contributed by atoms with E-state index in [0.29, 0.717) is 11.7 Å². The zero-order chi connectivity index (χ0) is 11.4. The van der Waals surface area contributed by atoms with Crippen molar-refractivity contribution in [2.24, 2.45) is 5.92 Å². The molecule has 0 saturated heterocycles. The van der Waals surface area contributed by atoms with Gasteiger partial charge < -0.3 is 4.90 Å². The second kappa shape index (κ2) is 4.94. The molecule has 0 radical (unpaired) electrons. The molecule has 0 bridgehead atoms. The van der Waals surface area contributed by atoms with Crippen LogP contribution in [0.3, 0.4) is 0 Å². The summed E-state index contributed by atoms with van der Waals surface area (Å²) in [4.78, 5) is 9.94. The molecule has 0 aliphatic heterocycles. The van der Waals surface area contributed by atoms with Gasteiger partial charge in [-0.2, -0.15) is 5.26 Å². The topological polar surface area (TPSA) is 52.8 Å². The van der Waals surface area contributed by atoms with E-state index in [1.807, 2.05) is 25.8 Å². The maximum Gasteiger partial charge on any atom is 0.137 e. The van der Waals surface area contributed by atoms with Gasteiger partial charge >= 0.3 is 0 Å². The van der Waals surface area contributed by atoms with Crippen molar-refractivity contribution in [2.75, 3.05) is 18.5 Å². The molecule has 0 amide bonds. The van der Waals surface area contributed by atoms with Gasteiger partial charge in [0.2, 0.25) is 0 Å². The fourth-order valence-corrected chi connectivity index (χ4v) is 1.47. The molecule has 1 unspecified atom stereocenters. The third kappa shape index (κ3) is 2.80. The van der Waals surface area contributed by atoms with E-state index in [4.69, 9.17) is 16.9 Å². The quantitative estimate of drug-likeness (QED) is 0.738. The van der Waals surface area contributed by atoms with Crippen LogP contribution in [0.15, 0.2) is 6.33 Å². The monoisotopic (exact) mass is 224 g/mol. The van der Waals surface area contributed by atoms with Crippen LogP contribution in [0.4, 0.5) is 5.82 Å². The van der Waals surface area contributed by atoms with Gasteiger partial charge in [-0.25, -0.2) is 9.97 Å². The van der Waals surface area contributed by atoms with Gasteiger partial charge in [0, 0.05) is 19.2 Å². The highest BCUT2D eigenvalue weighted by molar-refractivity contribution is 6.30. The van der Waals surface area contributed by atoms with Gasteiger partial charge in [0.05, 0.1) is 12.0 Å². The summed E-state index contributed by atoms with van der Waals surface area (Å²) in [5.41, 5.74) is 0.840. The molecule has 1 heterocycles. The van der Waals surface area contributed by atoms with Crippen LogP contribution in [0.5, 0.6) is 0 Å². The average Bonchev–Trinajstić information content (AvgIpc) is 2.21. The number of anilines is 1. The van der Waals surface area contributed by atoms with Crippen LogP contribution in [-0.4, -0.2) is 23.6 Å². The molecule has 0 aliphatic rings. The van der Waals surface area contributed by atoms with Crippen LogP contribution < -0.4 is 4.90 Å². The number of hydrogen-bond acceptors (Lipinski definition) is 4. The number of aromatic nitrogens is 2. The first kappa shape index (κ1) is 11.7. The van der Waals surface area contributed by atoms with Crippen molar-refractivity contribution in [1.29, 1.82) is 5.26 Å². The van der Waals surface area contributed by atoms with Gasteiger partial charge in [-0.3, -0.25) is 0 Å². The lowest BCUT2D eigenvalue weighted by Gasteiger charge is -2.20. The van der Waals surface area contributed by atoms with Gasteiger partial charge in [0.15, 0.2) is 0 Å². The number of rotatable bonds is 3. The first-order valence-corrected chi connectivity index (χ1v) is 5.02. The Hall–Kier alpha value is -1.34. The predicted octanol–water partition coefficient (Wildman–Crippen LogP) is 2.03. The SMILES string of the molecule is Cc1c(Cl)ncnc1N(C)CC(C)C#N. The first-order chi connectivity index (χ1) is 7.06. The molecule has 0 fully saturated rings. The Morgan fingerprint density at radius 2 is 2.27 bits per heavy atom. The summed E-state index contributed by atoms with van der Waals surface area (Å²) >= 11 is 5.89. The third-order valence-electron chi connectivity index (χ3n) is 2.13. The fraction of sp³-hybridized carbons (Fsp3) is 0.500. The lowest BCUT2D eigenvalue weighted by Crippen LogP contribution is -2.25. The second-order valence-electron chi connectivity index (χ2n) is 3.52. The minimum atomic E-state index is -0.0388. The van der Waals surface area contributed by atoms with Gasteiger partial charge in [-0.15, -0.1) is 0 Å². The van der Waals surface area contributed by atoms with Crippen LogP contribution in [-0.2, 0) is 0 Å². The van der Waals surface area contributed by atoms with Crippen molar-refractivity contribution >= 4 is 17.4 Å². The van der Waals surface area contributed by atoms with Gasteiger partial charge in [0.1, 0.15) is 17.3 Å². The Bertz CT molecular complexity index is 385. The minimum Gasteiger partial charge on any atom is -0.358 e. The Morgan fingerprint density at radius 1 is 1.60 bits per heavy atom. The number of halogens is 1. The molecule has 0 N–H and O–H groups in total. The zero-order valence-electron chi connectivity index (χ0n) is 9.03. The lowest BCUT2D eigenvalue weighted by atomic mass is 10.2. The highest BCUT2D eigenvalue weighted by atomic mass is 35.5. The summed E-state index contributed by atoms with van der Waals surface area (Å²) in [6, 6.07) is 2.18. The molecule has 1 aromatic heterocycles. The van der Waals surface area contributed by atoms with E-state index in [0.717, 1.165) is 11.4 Å². The molecule has 80 valence electrons. The smallest absolute Gasteiger partial charge is 0.137 e. The summed E-state index contributed by atoms with van der Waals surface area (Å²) in [5.74, 6) is 0.736. The zero-order valence-corrected chi connectivity index (χ0v) is 9.78. The van der Waals surface area contributed by atoms with Crippen molar-refractivity contribution < 1.29 is 0 Å². The van der Waals surface area contributed by atoms with Crippen molar-refractivity contribution in [1.82, 2.24) is 9.97 Å². The molecule has 0 saturated carbocycles. The highest BCUT2D eigenvalue weighted by Crippen LogP contribution is 2.21. The number of nitrogens with zero attached hydrogens (tertiary/aromatic N) is 4. The molecule has 4 nitrogen and oxygen atoms in total. The molecular weight excluding hydrogens is 212 g/mol. The van der Waals surface area contributed by atoms with E-state index < -0.39 is 0 Å². The highest BCUT2D eigenvalue weighted by Gasteiger charge is 2.11. The molecule has 15 heavy (non-hydrogen) atoms. The Labute approximate surface area is 94.5 Å². The van der Waals surface area contributed by atoms with E-state index in [-0.39, 0.29) is 5.92 Å².